The average Bonchev–Trinajstić information content (AvgIpc) is 2.41. The van der Waals surface area contributed by atoms with E-state index in [1.807, 2.05) is 12.1 Å². The van der Waals surface area contributed by atoms with E-state index >= 15 is 0 Å². The molecule has 0 spiro atoms. The van der Waals surface area contributed by atoms with Gasteiger partial charge in [0, 0.05) is 17.7 Å². The summed E-state index contributed by atoms with van der Waals surface area (Å²) in [6.07, 6.45) is 0.145. The molecule has 6 heteroatoms. The van der Waals surface area contributed by atoms with Crippen molar-refractivity contribution < 1.29 is 24.9 Å². The summed E-state index contributed by atoms with van der Waals surface area (Å²) in [5, 5.41) is 26.9. The average molecular weight is 298 g/mol. The second kappa shape index (κ2) is 8.60. The number of carboxylic acid groups (broad SMARTS) is 2. The van der Waals surface area contributed by atoms with Gasteiger partial charge in [0.2, 0.25) is 0 Å². The van der Waals surface area contributed by atoms with Gasteiger partial charge in [-0.05, 0) is 36.3 Å². The van der Waals surface area contributed by atoms with Gasteiger partial charge in [-0.3, -0.25) is 9.59 Å². The quantitative estimate of drug-likeness (QED) is 0.479. The topological polar surface area (TPSA) is 94.8 Å². The molecule has 0 aliphatic carbocycles. The predicted octanol–water partition coefficient (Wildman–Crippen LogP) is 2.54. The fourth-order valence-electron chi connectivity index (χ4n) is 1.63. The highest BCUT2D eigenvalue weighted by Gasteiger charge is 2.09. The van der Waals surface area contributed by atoms with E-state index in [1.165, 1.54) is 0 Å². The van der Waals surface area contributed by atoms with Crippen molar-refractivity contribution in [3.8, 4) is 0 Å². The number of carbonyl (C=O) groups is 2. The summed E-state index contributed by atoms with van der Waals surface area (Å²) in [6, 6.07) is 7.24. The molecular formula is C14H18O5S. The van der Waals surface area contributed by atoms with Gasteiger partial charge < -0.3 is 15.3 Å². The summed E-state index contributed by atoms with van der Waals surface area (Å²) in [4.78, 5) is 21.8. The summed E-state index contributed by atoms with van der Waals surface area (Å²) >= 11 is 1.56. The molecular weight excluding hydrogens is 280 g/mol. The molecule has 0 heterocycles. The smallest absolute Gasteiger partial charge is 0.303 e. The van der Waals surface area contributed by atoms with Crippen LogP contribution in [0.25, 0.3) is 0 Å². The Balaban J connectivity index is 2.39. The largest absolute Gasteiger partial charge is 0.481 e. The maximum atomic E-state index is 10.4. The zero-order valence-corrected chi connectivity index (χ0v) is 11.8. The normalized spacial score (nSPS) is 12.1. The summed E-state index contributed by atoms with van der Waals surface area (Å²) in [5.41, 5.74) is 0.695. The molecule has 0 saturated heterocycles. The molecule has 1 atom stereocenters. The van der Waals surface area contributed by atoms with Crippen molar-refractivity contribution in [2.45, 2.75) is 36.7 Å². The molecule has 5 nitrogen and oxygen atoms in total. The summed E-state index contributed by atoms with van der Waals surface area (Å²) in [5.74, 6) is -0.982. The van der Waals surface area contributed by atoms with Gasteiger partial charge in [0.25, 0.3) is 0 Å². The van der Waals surface area contributed by atoms with Crippen LogP contribution in [0.15, 0.2) is 29.2 Å². The van der Waals surface area contributed by atoms with Crippen molar-refractivity contribution in [1.82, 2.24) is 0 Å². The van der Waals surface area contributed by atoms with Crippen molar-refractivity contribution in [3.05, 3.63) is 29.8 Å². The van der Waals surface area contributed by atoms with Gasteiger partial charge in [0.05, 0.1) is 6.10 Å². The van der Waals surface area contributed by atoms with Crippen molar-refractivity contribution in [1.29, 1.82) is 0 Å². The molecule has 1 unspecified atom stereocenters. The molecule has 0 saturated carbocycles. The molecule has 1 aromatic rings. The lowest BCUT2D eigenvalue weighted by Gasteiger charge is -2.10. The molecule has 1 aromatic carbocycles. The Hall–Kier alpha value is -1.53. The second-order valence-corrected chi connectivity index (χ2v) is 5.53. The third-order valence-corrected chi connectivity index (χ3v) is 3.80. The standard InChI is InChI=1S/C14H18O5S/c15-12(7-8-14(18)19)10-3-5-11(6-4-10)20-9-1-2-13(16)17/h3-6,12,15H,1-2,7-9H2,(H,16,17)(H,18,19). The molecule has 20 heavy (non-hydrogen) atoms. The molecule has 3 N–H and O–H groups in total. The van der Waals surface area contributed by atoms with Gasteiger partial charge in [-0.15, -0.1) is 11.8 Å². The molecule has 0 amide bonds. The molecule has 0 fully saturated rings. The number of rotatable bonds is 9. The van der Waals surface area contributed by atoms with Crippen LogP contribution < -0.4 is 0 Å². The Kier molecular flexibility index (Phi) is 7.11. The van der Waals surface area contributed by atoms with Crippen LogP contribution in [0.5, 0.6) is 0 Å². The molecule has 0 aliphatic heterocycles. The van der Waals surface area contributed by atoms with Gasteiger partial charge in [0.1, 0.15) is 0 Å². The highest BCUT2D eigenvalue weighted by molar-refractivity contribution is 7.99. The van der Waals surface area contributed by atoms with Crippen LogP contribution in [0.3, 0.4) is 0 Å². The lowest BCUT2D eigenvalue weighted by atomic mass is 10.1. The minimum Gasteiger partial charge on any atom is -0.481 e. The van der Waals surface area contributed by atoms with Crippen molar-refractivity contribution in [2.75, 3.05) is 5.75 Å². The number of thioether (sulfide) groups is 1. The van der Waals surface area contributed by atoms with E-state index in [2.05, 4.69) is 0 Å². The first-order valence-corrected chi connectivity index (χ1v) is 7.32. The van der Waals surface area contributed by atoms with E-state index in [9.17, 15) is 14.7 Å². The number of benzene rings is 1. The predicted molar refractivity (Wildman–Crippen MR) is 75.9 cm³/mol. The number of aliphatic hydroxyl groups excluding tert-OH is 1. The third-order valence-electron chi connectivity index (χ3n) is 2.70. The molecule has 0 aromatic heterocycles. The van der Waals surface area contributed by atoms with E-state index in [1.54, 1.807) is 23.9 Å². The van der Waals surface area contributed by atoms with Crippen LogP contribution >= 0.6 is 11.8 Å². The van der Waals surface area contributed by atoms with Crippen LogP contribution in [0.1, 0.15) is 37.4 Å². The maximum Gasteiger partial charge on any atom is 0.303 e. The summed E-state index contributed by atoms with van der Waals surface area (Å²) in [6.45, 7) is 0. The fourth-order valence-corrected chi connectivity index (χ4v) is 2.48. The van der Waals surface area contributed by atoms with Crippen LogP contribution in [0.2, 0.25) is 0 Å². The van der Waals surface area contributed by atoms with E-state index in [0.717, 1.165) is 10.6 Å². The number of aliphatic carboxylic acids is 2. The van der Waals surface area contributed by atoms with Crippen molar-refractivity contribution in [3.63, 3.8) is 0 Å². The lowest BCUT2D eigenvalue weighted by molar-refractivity contribution is -0.138. The number of carboxylic acids is 2. The summed E-state index contributed by atoms with van der Waals surface area (Å²) in [7, 11) is 0. The Morgan fingerprint density at radius 3 is 2.20 bits per heavy atom. The molecule has 110 valence electrons. The maximum absolute atomic E-state index is 10.4. The van der Waals surface area contributed by atoms with Gasteiger partial charge in [-0.25, -0.2) is 0 Å². The highest BCUT2D eigenvalue weighted by atomic mass is 32.2. The molecule has 0 bridgehead atoms. The van der Waals surface area contributed by atoms with Crippen molar-refractivity contribution >= 4 is 23.7 Å². The molecule has 0 radical (unpaired) electrons. The van der Waals surface area contributed by atoms with Gasteiger partial charge in [-0.2, -0.15) is 0 Å². The SMILES string of the molecule is O=C(O)CCCSc1ccc(C(O)CCC(=O)O)cc1. The van der Waals surface area contributed by atoms with E-state index in [4.69, 9.17) is 10.2 Å². The monoisotopic (exact) mass is 298 g/mol. The zero-order chi connectivity index (χ0) is 15.0. The zero-order valence-electron chi connectivity index (χ0n) is 11.0. The van der Waals surface area contributed by atoms with E-state index in [-0.39, 0.29) is 19.3 Å². The highest BCUT2D eigenvalue weighted by Crippen LogP contribution is 2.24. The fraction of sp³-hybridized carbons (Fsp3) is 0.429. The van der Waals surface area contributed by atoms with Crippen LogP contribution in [0, 0.1) is 0 Å². The Morgan fingerprint density at radius 2 is 1.65 bits per heavy atom. The van der Waals surface area contributed by atoms with Gasteiger partial charge in [-0.1, -0.05) is 12.1 Å². The first-order chi connectivity index (χ1) is 9.49. The first-order valence-electron chi connectivity index (χ1n) is 6.33. The lowest BCUT2D eigenvalue weighted by Crippen LogP contribution is -2.02. The number of aliphatic hydroxyl groups is 1. The molecule has 0 aliphatic rings. The Labute approximate surface area is 121 Å². The number of hydrogen-bond donors (Lipinski definition) is 3. The van der Waals surface area contributed by atoms with Crippen LogP contribution in [0.4, 0.5) is 0 Å². The van der Waals surface area contributed by atoms with E-state index < -0.39 is 18.0 Å². The number of hydrogen-bond acceptors (Lipinski definition) is 4. The third kappa shape index (κ3) is 6.58. The first kappa shape index (κ1) is 16.5. The summed E-state index contributed by atoms with van der Waals surface area (Å²) < 4.78 is 0. The van der Waals surface area contributed by atoms with E-state index in [0.29, 0.717) is 12.0 Å². The van der Waals surface area contributed by atoms with Crippen molar-refractivity contribution in [2.24, 2.45) is 0 Å². The van der Waals surface area contributed by atoms with Gasteiger partial charge >= 0.3 is 11.9 Å². The van der Waals surface area contributed by atoms with Crippen LogP contribution in [-0.4, -0.2) is 33.0 Å². The molecule has 1 rings (SSSR count). The van der Waals surface area contributed by atoms with Crippen LogP contribution in [-0.2, 0) is 9.59 Å². The van der Waals surface area contributed by atoms with Gasteiger partial charge in [0.15, 0.2) is 0 Å². The second-order valence-electron chi connectivity index (χ2n) is 4.36. The Bertz CT molecular complexity index is 443. The minimum atomic E-state index is -0.922. The minimum absolute atomic E-state index is 0.0626. The Morgan fingerprint density at radius 1 is 1.05 bits per heavy atom.